The van der Waals surface area contributed by atoms with E-state index in [4.69, 9.17) is 0 Å². The van der Waals surface area contributed by atoms with Gasteiger partial charge in [0.1, 0.15) is 0 Å². The average molecular weight is 189 g/mol. The standard InChI is InChI=1S/C11H15N3/c1-9-3-4-10-8-14(6-5-12-2)13-11(10)7-9/h3-4,7-8,12H,5-6H2,1-2H3. The van der Waals surface area contributed by atoms with Crippen LogP contribution in [0.3, 0.4) is 0 Å². The minimum Gasteiger partial charge on any atom is -0.318 e. The lowest BCUT2D eigenvalue weighted by Crippen LogP contribution is -2.14. The molecule has 1 N–H and O–H groups in total. The highest BCUT2D eigenvalue weighted by atomic mass is 15.3. The van der Waals surface area contributed by atoms with Gasteiger partial charge in [-0.15, -0.1) is 0 Å². The number of aromatic nitrogens is 2. The Bertz CT molecular complexity index is 431. The van der Waals surface area contributed by atoms with Crippen LogP contribution in [0.25, 0.3) is 10.9 Å². The SMILES string of the molecule is CNCCn1cc2ccc(C)cc2n1. The molecule has 0 bridgehead atoms. The summed E-state index contributed by atoms with van der Waals surface area (Å²) in [6.45, 7) is 3.96. The van der Waals surface area contributed by atoms with Crippen LogP contribution in [0.4, 0.5) is 0 Å². The molecule has 0 unspecified atom stereocenters. The highest BCUT2D eigenvalue weighted by Crippen LogP contribution is 2.13. The Hall–Kier alpha value is -1.35. The van der Waals surface area contributed by atoms with Gasteiger partial charge in [0, 0.05) is 18.1 Å². The highest BCUT2D eigenvalue weighted by molar-refractivity contribution is 5.78. The smallest absolute Gasteiger partial charge is 0.0925 e. The largest absolute Gasteiger partial charge is 0.318 e. The van der Waals surface area contributed by atoms with Gasteiger partial charge in [-0.2, -0.15) is 5.10 Å². The number of likely N-dealkylation sites (N-methyl/N-ethyl adjacent to an activating group) is 1. The Labute approximate surface area is 83.7 Å². The Morgan fingerprint density at radius 1 is 1.43 bits per heavy atom. The molecule has 0 fully saturated rings. The first-order chi connectivity index (χ1) is 6.79. The molecule has 2 rings (SSSR count). The van der Waals surface area contributed by atoms with E-state index in [1.165, 1.54) is 10.9 Å². The van der Waals surface area contributed by atoms with Crippen molar-refractivity contribution in [2.24, 2.45) is 0 Å². The minimum atomic E-state index is 0.921. The zero-order valence-electron chi connectivity index (χ0n) is 8.62. The number of rotatable bonds is 3. The predicted octanol–water partition coefficient (Wildman–Crippen LogP) is 1.56. The summed E-state index contributed by atoms with van der Waals surface area (Å²) in [6, 6.07) is 6.35. The van der Waals surface area contributed by atoms with Crippen molar-refractivity contribution < 1.29 is 0 Å². The van der Waals surface area contributed by atoms with E-state index in [-0.39, 0.29) is 0 Å². The monoisotopic (exact) mass is 189 g/mol. The van der Waals surface area contributed by atoms with E-state index in [0.717, 1.165) is 18.6 Å². The molecule has 0 amide bonds. The van der Waals surface area contributed by atoms with Crippen molar-refractivity contribution >= 4 is 10.9 Å². The van der Waals surface area contributed by atoms with Crippen LogP contribution in [0.5, 0.6) is 0 Å². The number of nitrogens with one attached hydrogen (secondary N) is 1. The second kappa shape index (κ2) is 3.80. The molecule has 3 heteroatoms. The van der Waals surface area contributed by atoms with E-state index >= 15 is 0 Å². The van der Waals surface area contributed by atoms with E-state index in [9.17, 15) is 0 Å². The molecule has 0 spiro atoms. The number of fused-ring (bicyclic) bond motifs is 1. The lowest BCUT2D eigenvalue weighted by molar-refractivity contribution is 0.590. The van der Waals surface area contributed by atoms with Crippen LogP contribution >= 0.6 is 0 Å². The minimum absolute atomic E-state index is 0.921. The second-order valence-electron chi connectivity index (χ2n) is 3.56. The number of hydrogen-bond donors (Lipinski definition) is 1. The Morgan fingerprint density at radius 2 is 2.29 bits per heavy atom. The Morgan fingerprint density at radius 3 is 3.07 bits per heavy atom. The number of aryl methyl sites for hydroxylation is 1. The highest BCUT2D eigenvalue weighted by Gasteiger charge is 1.99. The van der Waals surface area contributed by atoms with Gasteiger partial charge in [-0.3, -0.25) is 4.68 Å². The summed E-state index contributed by atoms with van der Waals surface area (Å²) in [6.07, 6.45) is 2.09. The number of benzene rings is 1. The van der Waals surface area contributed by atoms with Gasteiger partial charge < -0.3 is 5.32 Å². The summed E-state index contributed by atoms with van der Waals surface area (Å²) in [4.78, 5) is 0. The second-order valence-corrected chi connectivity index (χ2v) is 3.56. The predicted molar refractivity (Wildman–Crippen MR) is 58.4 cm³/mol. The third kappa shape index (κ3) is 1.77. The molecule has 74 valence electrons. The van der Waals surface area contributed by atoms with Crippen molar-refractivity contribution in [1.29, 1.82) is 0 Å². The lowest BCUT2D eigenvalue weighted by atomic mass is 10.2. The van der Waals surface area contributed by atoms with Crippen molar-refractivity contribution in [3.05, 3.63) is 30.0 Å². The molecule has 0 atom stereocenters. The molecule has 14 heavy (non-hydrogen) atoms. The molecule has 1 aromatic carbocycles. The molecular formula is C11H15N3. The van der Waals surface area contributed by atoms with Gasteiger partial charge in [-0.1, -0.05) is 12.1 Å². The summed E-state index contributed by atoms with van der Waals surface area (Å²) in [5.74, 6) is 0. The maximum Gasteiger partial charge on any atom is 0.0925 e. The fraction of sp³-hybridized carbons (Fsp3) is 0.364. The van der Waals surface area contributed by atoms with E-state index in [1.54, 1.807) is 0 Å². The summed E-state index contributed by atoms with van der Waals surface area (Å²) in [5.41, 5.74) is 2.34. The molecule has 0 aliphatic rings. The first-order valence-corrected chi connectivity index (χ1v) is 4.88. The molecule has 1 heterocycles. The quantitative estimate of drug-likeness (QED) is 0.794. The van der Waals surface area contributed by atoms with Crippen LogP contribution in [0.15, 0.2) is 24.4 Å². The fourth-order valence-electron chi connectivity index (χ4n) is 1.52. The van der Waals surface area contributed by atoms with Gasteiger partial charge in [0.05, 0.1) is 12.1 Å². The van der Waals surface area contributed by atoms with Gasteiger partial charge in [0.2, 0.25) is 0 Å². The fourth-order valence-corrected chi connectivity index (χ4v) is 1.52. The van der Waals surface area contributed by atoms with Crippen LogP contribution < -0.4 is 5.32 Å². The number of hydrogen-bond acceptors (Lipinski definition) is 2. The first-order valence-electron chi connectivity index (χ1n) is 4.88. The van der Waals surface area contributed by atoms with Crippen molar-refractivity contribution in [1.82, 2.24) is 15.1 Å². The Balaban J connectivity index is 2.32. The van der Waals surface area contributed by atoms with Crippen LogP contribution in [-0.4, -0.2) is 23.4 Å². The van der Waals surface area contributed by atoms with Gasteiger partial charge in [0.25, 0.3) is 0 Å². The van der Waals surface area contributed by atoms with E-state index in [1.807, 2.05) is 11.7 Å². The van der Waals surface area contributed by atoms with Crippen LogP contribution in [0.1, 0.15) is 5.56 Å². The summed E-state index contributed by atoms with van der Waals surface area (Å²) >= 11 is 0. The van der Waals surface area contributed by atoms with Crippen LogP contribution in [-0.2, 0) is 6.54 Å². The normalized spacial score (nSPS) is 11.0. The molecule has 0 aliphatic heterocycles. The maximum absolute atomic E-state index is 4.49. The third-order valence-corrected chi connectivity index (χ3v) is 2.30. The van der Waals surface area contributed by atoms with Gasteiger partial charge in [0.15, 0.2) is 0 Å². The first kappa shape index (κ1) is 9.21. The van der Waals surface area contributed by atoms with Crippen molar-refractivity contribution in [2.45, 2.75) is 13.5 Å². The lowest BCUT2D eigenvalue weighted by Gasteiger charge is -1.97. The molecule has 0 radical (unpaired) electrons. The Kier molecular flexibility index (Phi) is 2.50. The van der Waals surface area contributed by atoms with E-state index in [0.29, 0.717) is 0 Å². The van der Waals surface area contributed by atoms with Crippen molar-refractivity contribution in [3.8, 4) is 0 Å². The molecule has 0 saturated carbocycles. The van der Waals surface area contributed by atoms with Gasteiger partial charge >= 0.3 is 0 Å². The molecule has 1 aromatic heterocycles. The summed E-state index contributed by atoms with van der Waals surface area (Å²) in [5, 5.41) is 8.81. The van der Waals surface area contributed by atoms with Gasteiger partial charge in [-0.25, -0.2) is 0 Å². The average Bonchev–Trinajstić information content (AvgIpc) is 2.56. The molecule has 2 aromatic rings. The third-order valence-electron chi connectivity index (χ3n) is 2.30. The van der Waals surface area contributed by atoms with Crippen molar-refractivity contribution in [3.63, 3.8) is 0 Å². The number of nitrogens with zero attached hydrogens (tertiary/aromatic N) is 2. The van der Waals surface area contributed by atoms with E-state index < -0.39 is 0 Å². The zero-order valence-corrected chi connectivity index (χ0v) is 8.62. The van der Waals surface area contributed by atoms with E-state index in [2.05, 4.69) is 41.7 Å². The topological polar surface area (TPSA) is 29.9 Å². The van der Waals surface area contributed by atoms with Crippen LogP contribution in [0.2, 0.25) is 0 Å². The van der Waals surface area contributed by atoms with Crippen LogP contribution in [0, 0.1) is 6.92 Å². The maximum atomic E-state index is 4.49. The van der Waals surface area contributed by atoms with Gasteiger partial charge in [-0.05, 0) is 25.6 Å². The summed E-state index contributed by atoms with van der Waals surface area (Å²) in [7, 11) is 1.95. The zero-order chi connectivity index (χ0) is 9.97. The summed E-state index contributed by atoms with van der Waals surface area (Å²) < 4.78 is 1.99. The molecule has 0 saturated heterocycles. The molecular weight excluding hydrogens is 174 g/mol. The van der Waals surface area contributed by atoms with Crippen molar-refractivity contribution in [2.75, 3.05) is 13.6 Å². The molecule has 3 nitrogen and oxygen atoms in total. The molecule has 0 aliphatic carbocycles.